The van der Waals surface area contributed by atoms with Crippen LogP contribution in [0.4, 0.5) is 4.39 Å². The number of H-pyrrole nitrogens is 1. The Morgan fingerprint density at radius 1 is 0.795 bits per heavy atom. The maximum atomic E-state index is 14.4. The number of hydrogen-bond acceptors (Lipinski definition) is 3. The molecular weight excluding hydrogens is 625 g/mol. The topological polar surface area (TPSA) is 63.1 Å². The third kappa shape index (κ3) is 4.80. The molecule has 0 saturated carbocycles. The highest BCUT2D eigenvalue weighted by Crippen LogP contribution is 2.35. The van der Waals surface area contributed by atoms with Crippen LogP contribution >= 0.6 is 31.9 Å². The van der Waals surface area contributed by atoms with Crippen LogP contribution in [0.2, 0.25) is 0 Å². The van der Waals surface area contributed by atoms with E-state index in [4.69, 9.17) is 4.42 Å². The number of carbonyl (C=O) groups excluding carboxylic acids is 2. The number of aromatic amines is 1. The van der Waals surface area contributed by atoms with E-state index in [0.717, 1.165) is 19.8 Å². The summed E-state index contributed by atoms with van der Waals surface area (Å²) in [5.74, 6) is -1.08. The van der Waals surface area contributed by atoms with Crippen molar-refractivity contribution < 1.29 is 18.4 Å². The lowest BCUT2D eigenvalue weighted by atomic mass is 9.93. The van der Waals surface area contributed by atoms with Crippen molar-refractivity contribution in [1.82, 2.24) is 4.98 Å². The van der Waals surface area contributed by atoms with Gasteiger partial charge in [-0.3, -0.25) is 9.59 Å². The monoisotopic (exact) mass is 641 g/mol. The zero-order valence-electron chi connectivity index (χ0n) is 20.2. The van der Waals surface area contributed by atoms with E-state index >= 15 is 0 Å². The highest BCUT2D eigenvalue weighted by atomic mass is 79.9. The van der Waals surface area contributed by atoms with Crippen LogP contribution in [0.25, 0.3) is 33.5 Å². The van der Waals surface area contributed by atoms with Crippen molar-refractivity contribution >= 4 is 76.9 Å². The molecule has 7 heteroatoms. The Morgan fingerprint density at radius 3 is 2.18 bits per heavy atom. The molecule has 2 heterocycles. The van der Waals surface area contributed by atoms with Crippen molar-refractivity contribution in [2.24, 2.45) is 0 Å². The minimum atomic E-state index is -0.478. The number of allylic oxidation sites excluding steroid dienone is 1. The minimum Gasteiger partial charge on any atom is -0.452 e. The molecule has 1 N–H and O–H groups in total. The van der Waals surface area contributed by atoms with Crippen LogP contribution < -0.4 is 0 Å². The Kier molecular flexibility index (Phi) is 6.62. The van der Waals surface area contributed by atoms with E-state index in [1.165, 1.54) is 18.2 Å². The third-order valence-electron chi connectivity index (χ3n) is 6.52. The number of benzene rings is 4. The lowest BCUT2D eigenvalue weighted by Gasteiger charge is -2.08. The summed E-state index contributed by atoms with van der Waals surface area (Å²) >= 11 is 6.81. The molecule has 4 aromatic carbocycles. The number of rotatable bonds is 6. The molecule has 0 bridgehead atoms. The van der Waals surface area contributed by atoms with Crippen LogP contribution in [-0.2, 0) is 0 Å². The van der Waals surface area contributed by atoms with Crippen LogP contribution in [0.5, 0.6) is 0 Å². The van der Waals surface area contributed by atoms with Gasteiger partial charge in [0, 0.05) is 59.3 Å². The van der Waals surface area contributed by atoms with E-state index in [-0.39, 0.29) is 17.3 Å². The summed E-state index contributed by atoms with van der Waals surface area (Å²) in [6.45, 7) is 0. The van der Waals surface area contributed by atoms with E-state index in [0.29, 0.717) is 38.8 Å². The second-order valence-corrected chi connectivity index (χ2v) is 10.8. The van der Waals surface area contributed by atoms with Gasteiger partial charge in [-0.05, 0) is 78.9 Å². The van der Waals surface area contributed by atoms with Gasteiger partial charge in [-0.1, -0.05) is 50.1 Å². The number of aromatic nitrogens is 1. The predicted octanol–water partition coefficient (Wildman–Crippen LogP) is 9.23. The zero-order chi connectivity index (χ0) is 27.1. The molecule has 0 aliphatic carbocycles. The predicted molar refractivity (Wildman–Crippen MR) is 158 cm³/mol. The lowest BCUT2D eigenvalue weighted by molar-refractivity contribution is 0.101. The maximum Gasteiger partial charge on any atom is 0.228 e. The molecule has 0 unspecified atom stereocenters. The standard InChI is InChI=1S/C32H18Br2FNO3/c33-20-9-5-18(6-10-20)30(37)25(27-17-36-28-4-2-1-3-23(27)28)16-26-24-15-22(35)13-14-29(24)39-32(26)31(38)19-7-11-21(34)12-8-19/h1-17,36H/b25-16-. The van der Waals surface area contributed by atoms with Gasteiger partial charge >= 0.3 is 0 Å². The molecule has 2 aromatic heterocycles. The number of para-hydroxylation sites is 1. The normalized spacial score (nSPS) is 11.8. The first-order valence-electron chi connectivity index (χ1n) is 12.0. The molecule has 190 valence electrons. The van der Waals surface area contributed by atoms with E-state index < -0.39 is 5.82 Å². The van der Waals surface area contributed by atoms with Crippen molar-refractivity contribution in [3.8, 4) is 0 Å². The van der Waals surface area contributed by atoms with Gasteiger partial charge in [0.05, 0.1) is 0 Å². The first-order chi connectivity index (χ1) is 18.9. The Labute approximate surface area is 239 Å². The third-order valence-corrected chi connectivity index (χ3v) is 7.58. The van der Waals surface area contributed by atoms with Crippen LogP contribution in [-0.4, -0.2) is 16.6 Å². The summed E-state index contributed by atoms with van der Waals surface area (Å²) in [7, 11) is 0. The summed E-state index contributed by atoms with van der Waals surface area (Å²) in [5.41, 5.74) is 3.41. The molecule has 0 atom stereocenters. The van der Waals surface area contributed by atoms with E-state index in [1.54, 1.807) is 60.8 Å². The highest BCUT2D eigenvalue weighted by Gasteiger charge is 2.25. The van der Waals surface area contributed by atoms with Crippen molar-refractivity contribution in [3.63, 3.8) is 0 Å². The van der Waals surface area contributed by atoms with Crippen molar-refractivity contribution in [3.05, 3.63) is 140 Å². The molecule has 0 spiro atoms. The molecular formula is C32H18Br2FNO3. The molecule has 6 rings (SSSR count). The average molecular weight is 643 g/mol. The van der Waals surface area contributed by atoms with Gasteiger partial charge < -0.3 is 9.40 Å². The molecule has 39 heavy (non-hydrogen) atoms. The van der Waals surface area contributed by atoms with E-state index in [9.17, 15) is 14.0 Å². The maximum absolute atomic E-state index is 14.4. The number of ketones is 2. The molecule has 0 aliphatic rings. The second kappa shape index (κ2) is 10.2. The fraction of sp³-hybridized carbons (Fsp3) is 0. The van der Waals surface area contributed by atoms with Gasteiger partial charge in [0.25, 0.3) is 0 Å². The van der Waals surface area contributed by atoms with Gasteiger partial charge in [0.1, 0.15) is 11.4 Å². The van der Waals surface area contributed by atoms with Gasteiger partial charge in [-0.15, -0.1) is 0 Å². The molecule has 0 saturated heterocycles. The Balaban J connectivity index is 1.62. The number of nitrogens with one attached hydrogen (secondary N) is 1. The first-order valence-corrected chi connectivity index (χ1v) is 13.6. The van der Waals surface area contributed by atoms with Crippen LogP contribution in [0.15, 0.2) is 111 Å². The largest absolute Gasteiger partial charge is 0.452 e. The fourth-order valence-electron chi connectivity index (χ4n) is 4.59. The second-order valence-electron chi connectivity index (χ2n) is 8.96. The molecule has 0 radical (unpaired) electrons. The summed E-state index contributed by atoms with van der Waals surface area (Å²) < 4.78 is 22.1. The van der Waals surface area contributed by atoms with Crippen molar-refractivity contribution in [2.45, 2.75) is 0 Å². The van der Waals surface area contributed by atoms with Gasteiger partial charge in [-0.25, -0.2) is 4.39 Å². The zero-order valence-corrected chi connectivity index (χ0v) is 23.3. The SMILES string of the molecule is O=C(/C(=C\c1c(C(=O)c2ccc(Br)cc2)oc2ccc(F)cc12)c1c[nH]c2ccccc12)c1ccc(Br)cc1. The number of Topliss-reactive ketones (excluding diaryl/α,β-unsaturated/α-hetero) is 1. The quantitative estimate of drug-likeness (QED) is 0.145. The van der Waals surface area contributed by atoms with Crippen molar-refractivity contribution in [1.29, 1.82) is 0 Å². The number of halogens is 3. The van der Waals surface area contributed by atoms with E-state index in [1.807, 2.05) is 24.3 Å². The average Bonchev–Trinajstić information content (AvgIpc) is 3.53. The molecule has 0 aliphatic heterocycles. The summed E-state index contributed by atoms with van der Waals surface area (Å²) in [6, 6.07) is 25.7. The molecule has 6 aromatic rings. The van der Waals surface area contributed by atoms with Crippen LogP contribution in [0, 0.1) is 5.82 Å². The fourth-order valence-corrected chi connectivity index (χ4v) is 5.12. The Hall–Kier alpha value is -4.07. The molecule has 0 fully saturated rings. The van der Waals surface area contributed by atoms with Gasteiger partial charge in [-0.2, -0.15) is 0 Å². The highest BCUT2D eigenvalue weighted by molar-refractivity contribution is 9.10. The number of carbonyl (C=O) groups is 2. The summed E-state index contributed by atoms with van der Waals surface area (Å²) in [5, 5.41) is 1.24. The lowest BCUT2D eigenvalue weighted by Crippen LogP contribution is -2.05. The summed E-state index contributed by atoms with van der Waals surface area (Å²) in [4.78, 5) is 30.9. The molecule has 4 nitrogen and oxygen atoms in total. The van der Waals surface area contributed by atoms with Crippen LogP contribution in [0.1, 0.15) is 37.6 Å². The minimum absolute atomic E-state index is 0.0267. The number of fused-ring (bicyclic) bond motifs is 2. The molecule has 0 amide bonds. The van der Waals surface area contributed by atoms with Crippen LogP contribution in [0.3, 0.4) is 0 Å². The summed E-state index contributed by atoms with van der Waals surface area (Å²) in [6.07, 6.45) is 3.41. The number of hydrogen-bond donors (Lipinski definition) is 1. The Morgan fingerprint density at radius 2 is 1.46 bits per heavy atom. The first kappa shape index (κ1) is 25.2. The Bertz CT molecular complexity index is 1920. The van der Waals surface area contributed by atoms with Crippen molar-refractivity contribution in [2.75, 3.05) is 0 Å². The van der Waals surface area contributed by atoms with Gasteiger partial charge in [0.2, 0.25) is 5.78 Å². The van der Waals surface area contributed by atoms with Gasteiger partial charge in [0.15, 0.2) is 11.5 Å². The van der Waals surface area contributed by atoms with E-state index in [2.05, 4.69) is 36.8 Å². The number of furan rings is 1. The smallest absolute Gasteiger partial charge is 0.228 e.